The Hall–Kier alpha value is -2.33. The number of hydrogen-bond donors (Lipinski definition) is 1. The predicted molar refractivity (Wildman–Crippen MR) is 121 cm³/mol. The summed E-state index contributed by atoms with van der Waals surface area (Å²) in [5.74, 6) is -0.103. The van der Waals surface area contributed by atoms with Crippen LogP contribution in [-0.4, -0.2) is 28.8 Å². The summed E-state index contributed by atoms with van der Waals surface area (Å²) in [5.41, 5.74) is 1.97. The third kappa shape index (κ3) is 6.33. The molecule has 4 nitrogen and oxygen atoms in total. The summed E-state index contributed by atoms with van der Waals surface area (Å²) in [7, 11) is 0. The van der Waals surface area contributed by atoms with Gasteiger partial charge in [-0.15, -0.1) is 0 Å². The monoisotopic (exact) mass is 426 g/mol. The lowest BCUT2D eigenvalue weighted by atomic mass is 9.95. The molecular weight excluding hydrogens is 396 g/mol. The molecule has 0 heterocycles. The lowest BCUT2D eigenvalue weighted by Crippen LogP contribution is -2.50. The maximum atomic E-state index is 13.2. The highest BCUT2D eigenvalue weighted by Crippen LogP contribution is 2.20. The number of halogens is 1. The topological polar surface area (TPSA) is 49.4 Å². The van der Waals surface area contributed by atoms with Crippen molar-refractivity contribution in [3.63, 3.8) is 0 Å². The van der Waals surface area contributed by atoms with Crippen LogP contribution in [0.5, 0.6) is 0 Å². The van der Waals surface area contributed by atoms with Crippen molar-refractivity contribution in [2.24, 2.45) is 0 Å². The first-order chi connectivity index (χ1) is 14.5. The van der Waals surface area contributed by atoms with Crippen LogP contribution in [0.25, 0.3) is 0 Å². The molecule has 0 aliphatic heterocycles. The van der Waals surface area contributed by atoms with E-state index in [1.807, 2.05) is 61.5 Å². The Morgan fingerprint density at radius 2 is 1.70 bits per heavy atom. The van der Waals surface area contributed by atoms with Crippen LogP contribution in [0.3, 0.4) is 0 Å². The van der Waals surface area contributed by atoms with E-state index < -0.39 is 6.04 Å². The molecule has 0 spiro atoms. The molecule has 2 aromatic rings. The molecule has 0 radical (unpaired) electrons. The minimum absolute atomic E-state index is 0.0370. The summed E-state index contributed by atoms with van der Waals surface area (Å²) < 4.78 is 0. The second-order valence-electron chi connectivity index (χ2n) is 8.12. The van der Waals surface area contributed by atoms with Gasteiger partial charge in [0.15, 0.2) is 0 Å². The van der Waals surface area contributed by atoms with Gasteiger partial charge in [-0.25, -0.2) is 0 Å². The second-order valence-corrected chi connectivity index (χ2v) is 8.53. The van der Waals surface area contributed by atoms with E-state index in [4.69, 9.17) is 11.6 Å². The lowest BCUT2D eigenvalue weighted by molar-refractivity contribution is -0.141. The number of amides is 2. The number of carbonyl (C=O) groups excluding carboxylic acids is 2. The summed E-state index contributed by atoms with van der Waals surface area (Å²) in [5, 5.41) is 3.84. The number of aryl methyl sites for hydroxylation is 1. The number of nitrogens with one attached hydrogen (secondary N) is 1. The van der Waals surface area contributed by atoms with Crippen LogP contribution in [-0.2, 0) is 22.6 Å². The molecule has 1 N–H and O–H groups in total. The van der Waals surface area contributed by atoms with Crippen molar-refractivity contribution in [1.29, 1.82) is 0 Å². The number of carbonyl (C=O) groups is 2. The molecule has 0 unspecified atom stereocenters. The van der Waals surface area contributed by atoms with Crippen LogP contribution >= 0.6 is 11.6 Å². The van der Waals surface area contributed by atoms with Gasteiger partial charge in [0.25, 0.3) is 0 Å². The van der Waals surface area contributed by atoms with Crippen LogP contribution < -0.4 is 5.32 Å². The van der Waals surface area contributed by atoms with E-state index in [1.54, 1.807) is 4.90 Å². The van der Waals surface area contributed by atoms with E-state index in [0.29, 0.717) is 24.4 Å². The second kappa shape index (κ2) is 11.2. The van der Waals surface area contributed by atoms with Crippen molar-refractivity contribution < 1.29 is 9.59 Å². The Bertz CT molecular complexity index is 834. The van der Waals surface area contributed by atoms with Crippen LogP contribution in [0, 0.1) is 0 Å². The van der Waals surface area contributed by atoms with E-state index in [2.05, 4.69) is 5.32 Å². The molecule has 1 fully saturated rings. The molecular formula is C25H31ClN2O2. The summed E-state index contributed by atoms with van der Waals surface area (Å²) >= 11 is 6.25. The Labute approximate surface area is 184 Å². The largest absolute Gasteiger partial charge is 0.352 e. The van der Waals surface area contributed by atoms with Gasteiger partial charge in [-0.05, 0) is 43.4 Å². The zero-order valence-corrected chi connectivity index (χ0v) is 18.4. The molecule has 5 heteroatoms. The molecule has 1 aliphatic rings. The van der Waals surface area contributed by atoms with Gasteiger partial charge >= 0.3 is 0 Å². The highest BCUT2D eigenvalue weighted by Gasteiger charge is 2.28. The maximum Gasteiger partial charge on any atom is 0.242 e. The molecule has 0 saturated heterocycles. The number of nitrogens with zero attached hydrogens (tertiary/aromatic N) is 1. The van der Waals surface area contributed by atoms with Gasteiger partial charge in [0.05, 0.1) is 0 Å². The molecule has 0 aromatic heterocycles. The SMILES string of the molecule is C[C@H](C(=O)NC1CCCCC1)N(Cc1ccccc1)C(=O)CCc1ccccc1Cl. The third-order valence-corrected chi connectivity index (χ3v) is 6.25. The molecule has 1 atom stereocenters. The van der Waals surface area contributed by atoms with E-state index >= 15 is 0 Å². The quantitative estimate of drug-likeness (QED) is 0.635. The Morgan fingerprint density at radius 3 is 2.40 bits per heavy atom. The number of hydrogen-bond acceptors (Lipinski definition) is 2. The highest BCUT2D eigenvalue weighted by atomic mass is 35.5. The minimum atomic E-state index is -0.522. The van der Waals surface area contributed by atoms with E-state index in [1.165, 1.54) is 6.42 Å². The first-order valence-electron chi connectivity index (χ1n) is 10.9. The zero-order chi connectivity index (χ0) is 21.3. The van der Waals surface area contributed by atoms with Crippen molar-refractivity contribution in [3.8, 4) is 0 Å². The van der Waals surface area contributed by atoms with Crippen LogP contribution in [0.15, 0.2) is 54.6 Å². The molecule has 3 rings (SSSR count). The number of rotatable bonds is 8. The summed E-state index contributed by atoms with van der Waals surface area (Å²) in [6, 6.07) is 17.1. The molecule has 1 saturated carbocycles. The maximum absolute atomic E-state index is 13.2. The van der Waals surface area contributed by atoms with Crippen LogP contribution in [0.4, 0.5) is 0 Å². The van der Waals surface area contributed by atoms with Gasteiger partial charge < -0.3 is 10.2 Å². The van der Waals surface area contributed by atoms with E-state index in [9.17, 15) is 9.59 Å². The fourth-order valence-electron chi connectivity index (χ4n) is 4.02. The van der Waals surface area contributed by atoms with Gasteiger partial charge in [-0.2, -0.15) is 0 Å². The van der Waals surface area contributed by atoms with Gasteiger partial charge in [0.2, 0.25) is 11.8 Å². The van der Waals surface area contributed by atoms with Crippen molar-refractivity contribution in [2.45, 2.75) is 70.5 Å². The first-order valence-corrected chi connectivity index (χ1v) is 11.3. The van der Waals surface area contributed by atoms with E-state index in [-0.39, 0.29) is 17.9 Å². The van der Waals surface area contributed by atoms with Crippen molar-refractivity contribution in [1.82, 2.24) is 10.2 Å². The summed E-state index contributed by atoms with van der Waals surface area (Å²) in [6.07, 6.45) is 6.48. The molecule has 30 heavy (non-hydrogen) atoms. The standard InChI is InChI=1S/C25H31ClN2O2/c1-19(25(30)27-22-13-6-3-7-14-22)28(18-20-10-4-2-5-11-20)24(29)17-16-21-12-8-9-15-23(21)26/h2,4-5,8-12,15,19,22H,3,6-7,13-14,16-18H2,1H3,(H,27,30)/t19-/m1/s1. The molecule has 1 aliphatic carbocycles. The smallest absolute Gasteiger partial charge is 0.242 e. The van der Waals surface area contributed by atoms with Crippen molar-refractivity contribution in [2.75, 3.05) is 0 Å². The van der Waals surface area contributed by atoms with Gasteiger partial charge in [0, 0.05) is 24.0 Å². The summed E-state index contributed by atoms with van der Waals surface area (Å²) in [6.45, 7) is 2.25. The first kappa shape index (κ1) is 22.4. The average Bonchev–Trinajstić information content (AvgIpc) is 2.77. The van der Waals surface area contributed by atoms with Gasteiger partial charge in [0.1, 0.15) is 6.04 Å². The fraction of sp³-hybridized carbons (Fsp3) is 0.440. The Kier molecular flexibility index (Phi) is 8.32. The van der Waals surface area contributed by atoms with Gasteiger partial charge in [-0.3, -0.25) is 9.59 Å². The van der Waals surface area contributed by atoms with Crippen molar-refractivity contribution >= 4 is 23.4 Å². The molecule has 0 bridgehead atoms. The van der Waals surface area contributed by atoms with E-state index in [0.717, 1.165) is 36.8 Å². The highest BCUT2D eigenvalue weighted by molar-refractivity contribution is 6.31. The van der Waals surface area contributed by atoms with Crippen LogP contribution in [0.1, 0.15) is 56.6 Å². The predicted octanol–water partition coefficient (Wildman–Crippen LogP) is 5.14. The molecule has 2 amide bonds. The van der Waals surface area contributed by atoms with Gasteiger partial charge in [-0.1, -0.05) is 79.4 Å². The average molecular weight is 427 g/mol. The lowest BCUT2D eigenvalue weighted by Gasteiger charge is -2.31. The Balaban J connectivity index is 1.69. The minimum Gasteiger partial charge on any atom is -0.352 e. The summed E-state index contributed by atoms with van der Waals surface area (Å²) in [4.78, 5) is 27.8. The van der Waals surface area contributed by atoms with Crippen molar-refractivity contribution in [3.05, 3.63) is 70.7 Å². The molecule has 2 aromatic carbocycles. The Morgan fingerprint density at radius 1 is 1.03 bits per heavy atom. The normalized spacial score (nSPS) is 15.4. The zero-order valence-electron chi connectivity index (χ0n) is 17.6. The molecule has 160 valence electrons. The fourth-order valence-corrected chi connectivity index (χ4v) is 4.25. The van der Waals surface area contributed by atoms with Crippen LogP contribution in [0.2, 0.25) is 5.02 Å². The third-order valence-electron chi connectivity index (χ3n) is 5.88. The number of benzene rings is 2.